The Morgan fingerprint density at radius 1 is 1.50 bits per heavy atom. The molecule has 118 valence electrons. The van der Waals surface area contributed by atoms with Crippen LogP contribution in [0, 0.1) is 0 Å². The highest BCUT2D eigenvalue weighted by molar-refractivity contribution is 7.08. The fourth-order valence-corrected chi connectivity index (χ4v) is 3.49. The minimum absolute atomic E-state index is 0.0902. The molecule has 0 bridgehead atoms. The van der Waals surface area contributed by atoms with Gasteiger partial charge in [0, 0.05) is 6.54 Å². The van der Waals surface area contributed by atoms with Gasteiger partial charge >= 0.3 is 0 Å². The van der Waals surface area contributed by atoms with Gasteiger partial charge in [0.2, 0.25) is 0 Å². The van der Waals surface area contributed by atoms with E-state index in [9.17, 15) is 4.79 Å². The zero-order valence-electron chi connectivity index (χ0n) is 12.6. The second-order valence-electron chi connectivity index (χ2n) is 5.39. The van der Waals surface area contributed by atoms with Crippen molar-refractivity contribution in [2.45, 2.75) is 32.2 Å². The van der Waals surface area contributed by atoms with E-state index in [-0.39, 0.29) is 11.9 Å². The first-order chi connectivity index (χ1) is 10.8. The van der Waals surface area contributed by atoms with Gasteiger partial charge in [0.1, 0.15) is 10.6 Å². The van der Waals surface area contributed by atoms with Gasteiger partial charge in [-0.2, -0.15) is 0 Å². The van der Waals surface area contributed by atoms with Crippen molar-refractivity contribution in [2.24, 2.45) is 0 Å². The lowest BCUT2D eigenvalue weighted by Gasteiger charge is -2.25. The van der Waals surface area contributed by atoms with Crippen molar-refractivity contribution in [1.29, 1.82) is 0 Å². The number of carbonyl (C=O) groups is 1. The van der Waals surface area contributed by atoms with Crippen LogP contribution in [0.4, 0.5) is 0 Å². The molecule has 0 saturated carbocycles. The van der Waals surface area contributed by atoms with E-state index in [1.165, 1.54) is 12.8 Å². The van der Waals surface area contributed by atoms with Gasteiger partial charge in [-0.15, -0.1) is 5.10 Å². The molecular formula is C15H20N4O2S. The maximum absolute atomic E-state index is 12.3. The molecular weight excluding hydrogens is 300 g/mol. The number of likely N-dealkylation sites (tertiary alicyclic amines) is 1. The smallest absolute Gasteiger partial charge is 0.265 e. The van der Waals surface area contributed by atoms with Gasteiger partial charge in [0.05, 0.1) is 18.0 Å². The molecule has 6 nitrogen and oxygen atoms in total. The van der Waals surface area contributed by atoms with Crippen LogP contribution in [0.1, 0.15) is 46.9 Å². The predicted molar refractivity (Wildman–Crippen MR) is 83.9 cm³/mol. The molecule has 0 aromatic carbocycles. The van der Waals surface area contributed by atoms with Gasteiger partial charge in [-0.3, -0.25) is 9.69 Å². The van der Waals surface area contributed by atoms with Gasteiger partial charge in [-0.05, 0) is 56.0 Å². The van der Waals surface area contributed by atoms with Crippen molar-refractivity contribution in [3.05, 3.63) is 34.7 Å². The predicted octanol–water partition coefficient (Wildman–Crippen LogP) is 2.26. The third-order valence-corrected chi connectivity index (χ3v) is 4.77. The summed E-state index contributed by atoms with van der Waals surface area (Å²) >= 11 is 1.15. The summed E-state index contributed by atoms with van der Waals surface area (Å²) in [4.78, 5) is 15.3. The molecule has 1 unspecified atom stereocenters. The second-order valence-corrected chi connectivity index (χ2v) is 6.14. The molecule has 1 atom stereocenters. The van der Waals surface area contributed by atoms with Crippen LogP contribution in [0.15, 0.2) is 22.8 Å². The van der Waals surface area contributed by atoms with E-state index in [1.54, 1.807) is 6.26 Å². The van der Waals surface area contributed by atoms with Gasteiger partial charge in [-0.25, -0.2) is 0 Å². The van der Waals surface area contributed by atoms with E-state index in [2.05, 4.69) is 19.8 Å². The topological polar surface area (TPSA) is 71.3 Å². The van der Waals surface area contributed by atoms with Crippen molar-refractivity contribution in [3.63, 3.8) is 0 Å². The van der Waals surface area contributed by atoms with Crippen LogP contribution in [0.2, 0.25) is 0 Å². The Kier molecular flexibility index (Phi) is 4.84. The fraction of sp³-hybridized carbons (Fsp3) is 0.533. The van der Waals surface area contributed by atoms with E-state index >= 15 is 0 Å². The maximum Gasteiger partial charge on any atom is 0.265 e. The lowest BCUT2D eigenvalue weighted by Crippen LogP contribution is -2.36. The van der Waals surface area contributed by atoms with Crippen LogP contribution in [0.25, 0.3) is 0 Å². The summed E-state index contributed by atoms with van der Waals surface area (Å²) in [6, 6.07) is 3.95. The minimum atomic E-state index is -0.0948. The highest BCUT2D eigenvalue weighted by Gasteiger charge is 2.26. The van der Waals surface area contributed by atoms with Crippen molar-refractivity contribution in [3.8, 4) is 0 Å². The Hall–Kier alpha value is -1.73. The third-order valence-electron chi connectivity index (χ3n) is 4.01. The molecule has 2 aromatic heterocycles. The lowest BCUT2D eigenvalue weighted by atomic mass is 10.2. The molecule has 1 aliphatic heterocycles. The van der Waals surface area contributed by atoms with Crippen molar-refractivity contribution >= 4 is 17.4 Å². The van der Waals surface area contributed by atoms with Crippen LogP contribution in [0.3, 0.4) is 0 Å². The highest BCUT2D eigenvalue weighted by Crippen LogP contribution is 2.25. The summed E-state index contributed by atoms with van der Waals surface area (Å²) in [6.45, 7) is 4.60. The monoisotopic (exact) mass is 320 g/mol. The zero-order chi connectivity index (χ0) is 15.4. The van der Waals surface area contributed by atoms with Crippen LogP contribution < -0.4 is 5.32 Å². The van der Waals surface area contributed by atoms with E-state index in [0.29, 0.717) is 17.8 Å². The number of nitrogens with one attached hydrogen (secondary N) is 1. The van der Waals surface area contributed by atoms with Crippen molar-refractivity contribution < 1.29 is 9.21 Å². The van der Waals surface area contributed by atoms with Crippen LogP contribution in [-0.4, -0.2) is 40.0 Å². The molecule has 1 amide bonds. The first-order valence-electron chi connectivity index (χ1n) is 7.66. The third kappa shape index (κ3) is 3.20. The molecule has 3 rings (SSSR count). The van der Waals surface area contributed by atoms with Gasteiger partial charge in [-0.1, -0.05) is 11.4 Å². The van der Waals surface area contributed by atoms with E-state index in [0.717, 1.165) is 36.1 Å². The molecule has 2 aromatic rings. The lowest BCUT2D eigenvalue weighted by molar-refractivity contribution is 0.0936. The Morgan fingerprint density at radius 2 is 2.32 bits per heavy atom. The van der Waals surface area contributed by atoms with E-state index < -0.39 is 0 Å². The second kappa shape index (κ2) is 7.02. The molecule has 0 aliphatic carbocycles. The largest absolute Gasteiger partial charge is 0.468 e. The van der Waals surface area contributed by atoms with Gasteiger partial charge < -0.3 is 9.73 Å². The molecule has 1 N–H and O–H groups in total. The minimum Gasteiger partial charge on any atom is -0.468 e. The zero-order valence-corrected chi connectivity index (χ0v) is 13.4. The highest BCUT2D eigenvalue weighted by atomic mass is 32.1. The van der Waals surface area contributed by atoms with Crippen LogP contribution in [0.5, 0.6) is 0 Å². The Bertz CT molecular complexity index is 605. The molecule has 1 fully saturated rings. The number of nitrogens with zero attached hydrogens (tertiary/aromatic N) is 3. The summed E-state index contributed by atoms with van der Waals surface area (Å²) in [7, 11) is 0. The number of rotatable bonds is 6. The average molecular weight is 320 g/mol. The fourth-order valence-electron chi connectivity index (χ4n) is 2.83. The van der Waals surface area contributed by atoms with E-state index in [1.807, 2.05) is 19.1 Å². The van der Waals surface area contributed by atoms with Crippen LogP contribution >= 0.6 is 11.5 Å². The van der Waals surface area contributed by atoms with Gasteiger partial charge in [0.15, 0.2) is 0 Å². The molecule has 0 radical (unpaired) electrons. The number of furan rings is 1. The molecule has 1 saturated heterocycles. The van der Waals surface area contributed by atoms with Crippen LogP contribution in [-0.2, 0) is 6.42 Å². The summed E-state index contributed by atoms with van der Waals surface area (Å²) in [5.74, 6) is 0.808. The molecule has 1 aliphatic rings. The number of hydrogen-bond acceptors (Lipinski definition) is 6. The number of aromatic nitrogens is 2. The first kappa shape index (κ1) is 15.2. The molecule has 22 heavy (non-hydrogen) atoms. The number of carbonyl (C=O) groups excluding carboxylic acids is 1. The molecule has 3 heterocycles. The van der Waals surface area contributed by atoms with Crippen molar-refractivity contribution in [1.82, 2.24) is 19.8 Å². The first-order valence-corrected chi connectivity index (χ1v) is 8.43. The summed E-state index contributed by atoms with van der Waals surface area (Å²) in [5, 5.41) is 7.00. The number of amides is 1. The number of aryl methyl sites for hydroxylation is 1. The van der Waals surface area contributed by atoms with E-state index in [4.69, 9.17) is 4.42 Å². The molecule has 0 spiro atoms. The maximum atomic E-state index is 12.3. The van der Waals surface area contributed by atoms with Crippen molar-refractivity contribution in [2.75, 3.05) is 19.6 Å². The Morgan fingerprint density at radius 3 is 3.00 bits per heavy atom. The van der Waals surface area contributed by atoms with Gasteiger partial charge in [0.25, 0.3) is 5.91 Å². The standard InChI is InChI=1S/C15H20N4O2S/c1-2-11-14(22-18-17-11)15(20)16-10-12(13-6-5-9-21-13)19-7-3-4-8-19/h5-6,9,12H,2-4,7-8,10H2,1H3,(H,16,20). The summed E-state index contributed by atoms with van der Waals surface area (Å²) in [5.41, 5.74) is 0.762. The SMILES string of the molecule is CCc1nnsc1C(=O)NCC(c1ccco1)N1CCCC1. The summed E-state index contributed by atoms with van der Waals surface area (Å²) in [6.07, 6.45) is 4.79. The number of hydrogen-bond donors (Lipinski definition) is 1. The quantitative estimate of drug-likeness (QED) is 0.884. The average Bonchev–Trinajstić information content (AvgIpc) is 3.28. The Balaban J connectivity index is 1.67. The normalized spacial score (nSPS) is 16.8. The Labute approximate surface area is 133 Å². The molecule has 7 heteroatoms. The summed E-state index contributed by atoms with van der Waals surface area (Å²) < 4.78 is 9.43.